The van der Waals surface area contributed by atoms with Crippen molar-refractivity contribution in [3.8, 4) is 0 Å². The first kappa shape index (κ1) is 16.1. The molecule has 0 fully saturated rings. The molecule has 0 unspecified atom stereocenters. The number of benzene rings is 2. The van der Waals surface area contributed by atoms with Crippen LogP contribution in [-0.2, 0) is 11.5 Å². The highest BCUT2D eigenvalue weighted by atomic mass is 32.2. The fourth-order valence-corrected chi connectivity index (χ4v) is 4.05. The van der Waals surface area contributed by atoms with Crippen molar-refractivity contribution in [1.29, 1.82) is 0 Å². The number of aromatic nitrogens is 4. The van der Waals surface area contributed by atoms with Crippen LogP contribution in [0.4, 0.5) is 0 Å². The van der Waals surface area contributed by atoms with E-state index in [-0.39, 0.29) is 0 Å². The molecular formula is C19H16N4S2. The molecule has 2 aromatic carbocycles. The Kier molecular flexibility index (Phi) is 4.90. The first-order valence-corrected chi connectivity index (χ1v) is 9.91. The molecule has 0 saturated heterocycles. The molecule has 0 amide bonds. The average molecular weight is 364 g/mol. The van der Waals surface area contributed by atoms with Gasteiger partial charge in [-0.25, -0.2) is 0 Å². The van der Waals surface area contributed by atoms with Crippen LogP contribution >= 0.6 is 23.1 Å². The van der Waals surface area contributed by atoms with Crippen molar-refractivity contribution in [2.24, 2.45) is 0 Å². The summed E-state index contributed by atoms with van der Waals surface area (Å²) in [4.78, 5) is 0.836. The van der Waals surface area contributed by atoms with Gasteiger partial charge in [0.25, 0.3) is 0 Å². The fraction of sp³-hybridized carbons (Fsp3) is 0.105. The smallest absolute Gasteiger partial charge is 0.186 e. The number of thioether (sulfide) groups is 1. The van der Waals surface area contributed by atoms with Gasteiger partial charge in [-0.15, -0.1) is 22.0 Å². The SMILES string of the molecule is C(=Cc1nn2c(CSCc3ccccc3)nnc2s1)c1ccccc1. The van der Waals surface area contributed by atoms with Crippen molar-refractivity contribution >= 4 is 40.2 Å². The van der Waals surface area contributed by atoms with Crippen molar-refractivity contribution in [2.45, 2.75) is 11.5 Å². The molecule has 124 valence electrons. The van der Waals surface area contributed by atoms with E-state index < -0.39 is 0 Å². The van der Waals surface area contributed by atoms with Gasteiger partial charge in [0, 0.05) is 5.75 Å². The van der Waals surface area contributed by atoms with E-state index in [1.165, 1.54) is 5.56 Å². The maximum Gasteiger partial charge on any atom is 0.234 e. The molecular weight excluding hydrogens is 348 g/mol. The van der Waals surface area contributed by atoms with E-state index in [1.54, 1.807) is 11.3 Å². The van der Waals surface area contributed by atoms with Crippen LogP contribution in [0.2, 0.25) is 0 Å². The zero-order valence-electron chi connectivity index (χ0n) is 13.4. The normalized spacial score (nSPS) is 11.5. The second kappa shape index (κ2) is 7.63. The molecule has 2 heterocycles. The quantitative estimate of drug-likeness (QED) is 0.493. The minimum absolute atomic E-state index is 0.793. The van der Waals surface area contributed by atoms with Gasteiger partial charge in [-0.1, -0.05) is 78.1 Å². The Morgan fingerprint density at radius 2 is 1.64 bits per heavy atom. The van der Waals surface area contributed by atoms with Crippen LogP contribution in [0.15, 0.2) is 60.7 Å². The van der Waals surface area contributed by atoms with Crippen LogP contribution in [0, 0.1) is 0 Å². The summed E-state index contributed by atoms with van der Waals surface area (Å²) in [5, 5.41) is 14.1. The van der Waals surface area contributed by atoms with Crippen LogP contribution in [0.25, 0.3) is 17.1 Å². The van der Waals surface area contributed by atoms with Gasteiger partial charge in [-0.2, -0.15) is 9.61 Å². The molecule has 25 heavy (non-hydrogen) atoms. The summed E-state index contributed by atoms with van der Waals surface area (Å²) >= 11 is 3.37. The zero-order valence-corrected chi connectivity index (χ0v) is 15.1. The topological polar surface area (TPSA) is 43.1 Å². The van der Waals surface area contributed by atoms with Gasteiger partial charge in [0.1, 0.15) is 5.01 Å². The minimum atomic E-state index is 0.793. The van der Waals surface area contributed by atoms with E-state index in [0.717, 1.165) is 32.9 Å². The predicted octanol–water partition coefficient (Wildman–Crippen LogP) is 4.79. The van der Waals surface area contributed by atoms with E-state index in [1.807, 2.05) is 46.6 Å². The van der Waals surface area contributed by atoms with Gasteiger partial charge in [0.05, 0.1) is 5.75 Å². The molecule has 0 radical (unpaired) electrons. The van der Waals surface area contributed by atoms with Crippen LogP contribution in [-0.4, -0.2) is 19.8 Å². The summed E-state index contributed by atoms with van der Waals surface area (Å²) in [6, 6.07) is 20.7. The van der Waals surface area contributed by atoms with Crippen molar-refractivity contribution in [2.75, 3.05) is 0 Å². The van der Waals surface area contributed by atoms with Crippen molar-refractivity contribution in [3.63, 3.8) is 0 Å². The van der Waals surface area contributed by atoms with E-state index >= 15 is 0 Å². The predicted molar refractivity (Wildman–Crippen MR) is 105 cm³/mol. The molecule has 0 saturated carbocycles. The third kappa shape index (κ3) is 3.97. The third-order valence-corrected chi connectivity index (χ3v) is 5.50. The van der Waals surface area contributed by atoms with E-state index in [2.05, 4.69) is 57.8 Å². The molecule has 0 spiro atoms. The van der Waals surface area contributed by atoms with Crippen LogP contribution in [0.3, 0.4) is 0 Å². The van der Waals surface area contributed by atoms with E-state index in [0.29, 0.717) is 0 Å². The van der Waals surface area contributed by atoms with E-state index in [4.69, 9.17) is 0 Å². The van der Waals surface area contributed by atoms with Crippen molar-refractivity contribution in [3.05, 3.63) is 82.6 Å². The highest BCUT2D eigenvalue weighted by Gasteiger charge is 2.10. The molecule has 0 N–H and O–H groups in total. The molecule has 6 heteroatoms. The Morgan fingerprint density at radius 1 is 0.880 bits per heavy atom. The Hall–Kier alpha value is -2.44. The molecule has 2 aromatic heterocycles. The fourth-order valence-electron chi connectivity index (χ4n) is 2.40. The highest BCUT2D eigenvalue weighted by Crippen LogP contribution is 2.21. The second-order valence-electron chi connectivity index (χ2n) is 5.47. The number of hydrogen-bond acceptors (Lipinski definition) is 5. The van der Waals surface area contributed by atoms with Crippen LogP contribution < -0.4 is 0 Å². The second-order valence-corrected chi connectivity index (χ2v) is 7.45. The summed E-state index contributed by atoms with van der Waals surface area (Å²) in [5.41, 5.74) is 2.48. The lowest BCUT2D eigenvalue weighted by molar-refractivity contribution is 0.880. The summed E-state index contributed by atoms with van der Waals surface area (Å²) in [7, 11) is 0. The minimum Gasteiger partial charge on any atom is -0.186 e. The highest BCUT2D eigenvalue weighted by molar-refractivity contribution is 7.97. The zero-order chi connectivity index (χ0) is 16.9. The van der Waals surface area contributed by atoms with Crippen molar-refractivity contribution in [1.82, 2.24) is 19.8 Å². The Labute approximate surface area is 154 Å². The Morgan fingerprint density at radius 3 is 2.44 bits per heavy atom. The Balaban J connectivity index is 1.44. The molecule has 4 rings (SSSR count). The summed E-state index contributed by atoms with van der Waals surface area (Å²) in [5.74, 6) is 2.65. The number of fused-ring (bicyclic) bond motifs is 1. The average Bonchev–Trinajstić information content (AvgIpc) is 3.23. The molecule has 0 bridgehead atoms. The summed E-state index contributed by atoms with van der Waals surface area (Å²) in [6.45, 7) is 0. The van der Waals surface area contributed by atoms with Gasteiger partial charge in [-0.3, -0.25) is 0 Å². The monoisotopic (exact) mass is 364 g/mol. The largest absolute Gasteiger partial charge is 0.234 e. The number of hydrogen-bond donors (Lipinski definition) is 0. The molecule has 0 atom stereocenters. The van der Waals surface area contributed by atoms with Crippen molar-refractivity contribution < 1.29 is 0 Å². The van der Waals surface area contributed by atoms with Crippen LogP contribution in [0.5, 0.6) is 0 Å². The molecule has 0 aliphatic rings. The Bertz CT molecular complexity index is 975. The number of nitrogens with zero attached hydrogens (tertiary/aromatic N) is 4. The van der Waals surface area contributed by atoms with Gasteiger partial charge < -0.3 is 0 Å². The summed E-state index contributed by atoms with van der Waals surface area (Å²) < 4.78 is 1.85. The van der Waals surface area contributed by atoms with Gasteiger partial charge in [-0.05, 0) is 17.2 Å². The van der Waals surface area contributed by atoms with Gasteiger partial charge >= 0.3 is 0 Å². The third-order valence-electron chi connectivity index (χ3n) is 3.63. The molecule has 0 aliphatic carbocycles. The van der Waals surface area contributed by atoms with Crippen LogP contribution in [0.1, 0.15) is 22.0 Å². The molecule has 4 nitrogen and oxygen atoms in total. The standard InChI is InChI=1S/C19H16N4S2/c1-3-7-15(8-4-1)11-12-18-22-23-17(20-21-19(23)25-18)14-24-13-16-9-5-2-6-10-16/h1-12H,13-14H2. The lowest BCUT2D eigenvalue weighted by atomic mass is 10.2. The van der Waals surface area contributed by atoms with Gasteiger partial charge in [0.2, 0.25) is 4.96 Å². The molecule has 4 aromatic rings. The lowest BCUT2D eigenvalue weighted by Crippen LogP contribution is -1.94. The summed E-state index contributed by atoms with van der Waals surface area (Å²) in [6.07, 6.45) is 4.09. The molecule has 0 aliphatic heterocycles. The first-order chi connectivity index (χ1) is 12.4. The van der Waals surface area contributed by atoms with E-state index in [9.17, 15) is 0 Å². The first-order valence-electron chi connectivity index (χ1n) is 7.94. The number of rotatable bonds is 6. The lowest BCUT2D eigenvalue weighted by Gasteiger charge is -1.99. The van der Waals surface area contributed by atoms with Gasteiger partial charge in [0.15, 0.2) is 5.82 Å². The maximum atomic E-state index is 4.62. The maximum absolute atomic E-state index is 4.62.